The zero-order valence-corrected chi connectivity index (χ0v) is 17.8. The van der Waals surface area contributed by atoms with Crippen molar-refractivity contribution in [3.8, 4) is 0 Å². The van der Waals surface area contributed by atoms with Crippen LogP contribution in [-0.4, -0.2) is 35.0 Å². The van der Waals surface area contributed by atoms with E-state index in [0.717, 1.165) is 57.4 Å². The van der Waals surface area contributed by atoms with Gasteiger partial charge < -0.3 is 9.64 Å². The van der Waals surface area contributed by atoms with Crippen molar-refractivity contribution in [2.75, 3.05) is 19.6 Å². The van der Waals surface area contributed by atoms with Gasteiger partial charge >= 0.3 is 0 Å². The largest absolute Gasteiger partial charge is 0.365 e. The average Bonchev–Trinajstić information content (AvgIpc) is 3.32. The van der Waals surface area contributed by atoms with Crippen LogP contribution in [0.2, 0.25) is 0 Å². The van der Waals surface area contributed by atoms with Gasteiger partial charge in [-0.05, 0) is 61.4 Å². The number of hydrogen-bond donors (Lipinski definition) is 0. The maximum Gasteiger partial charge on any atom is 0.227 e. The number of aryl methyl sites for hydroxylation is 1. The molecule has 0 atom stereocenters. The lowest BCUT2D eigenvalue weighted by Gasteiger charge is -2.39. The number of ether oxygens (including phenoxy) is 1. The van der Waals surface area contributed by atoms with Crippen LogP contribution in [0.3, 0.4) is 0 Å². The summed E-state index contributed by atoms with van der Waals surface area (Å²) < 4.78 is 8.08. The van der Waals surface area contributed by atoms with Gasteiger partial charge in [0.05, 0.1) is 17.7 Å². The monoisotopic (exact) mass is 402 g/mol. The molecule has 2 aromatic carbocycles. The second-order valence-corrected chi connectivity index (χ2v) is 8.80. The summed E-state index contributed by atoms with van der Waals surface area (Å²) in [5, 5.41) is 1.21. The Morgan fingerprint density at radius 3 is 2.63 bits per heavy atom. The summed E-state index contributed by atoms with van der Waals surface area (Å²) in [7, 11) is 0. The maximum absolute atomic E-state index is 11.9. The molecule has 1 fully saturated rings. The maximum atomic E-state index is 11.9. The average molecular weight is 403 g/mol. The molecule has 4 heteroatoms. The van der Waals surface area contributed by atoms with Crippen LogP contribution in [0.1, 0.15) is 54.1 Å². The fourth-order valence-electron chi connectivity index (χ4n) is 5.30. The highest BCUT2D eigenvalue weighted by atomic mass is 16.5. The lowest BCUT2D eigenvalue weighted by atomic mass is 9.84. The van der Waals surface area contributed by atoms with E-state index in [1.54, 1.807) is 11.5 Å². The summed E-state index contributed by atoms with van der Waals surface area (Å²) >= 11 is 0. The molecule has 0 bridgehead atoms. The highest BCUT2D eigenvalue weighted by Crippen LogP contribution is 2.43. The first-order valence-corrected chi connectivity index (χ1v) is 11.2. The molecule has 156 valence electrons. The Balaban J connectivity index is 1.14. The first-order chi connectivity index (χ1) is 14.7. The highest BCUT2D eigenvalue weighted by molar-refractivity contribution is 5.93. The Morgan fingerprint density at radius 2 is 1.80 bits per heavy atom. The SMILES string of the molecule is CC(=O)n1cc(CCCCN2CCC3(CC2)OCc2ccccc23)c2ccccc21. The van der Waals surface area contributed by atoms with Gasteiger partial charge in [-0.1, -0.05) is 42.5 Å². The summed E-state index contributed by atoms with van der Waals surface area (Å²) in [4.78, 5) is 14.5. The van der Waals surface area contributed by atoms with Crippen LogP contribution in [0.25, 0.3) is 10.9 Å². The molecule has 30 heavy (non-hydrogen) atoms. The van der Waals surface area contributed by atoms with E-state index in [4.69, 9.17) is 4.74 Å². The van der Waals surface area contributed by atoms with Crippen molar-refractivity contribution in [3.63, 3.8) is 0 Å². The van der Waals surface area contributed by atoms with E-state index in [1.165, 1.54) is 28.5 Å². The number of fused-ring (bicyclic) bond motifs is 3. The molecule has 0 saturated carbocycles. The van der Waals surface area contributed by atoms with Gasteiger partial charge in [0.1, 0.15) is 0 Å². The number of benzene rings is 2. The van der Waals surface area contributed by atoms with Gasteiger partial charge in [0.25, 0.3) is 0 Å². The number of rotatable bonds is 5. The zero-order chi connectivity index (χ0) is 20.6. The van der Waals surface area contributed by atoms with Gasteiger partial charge in [-0.3, -0.25) is 9.36 Å². The highest BCUT2D eigenvalue weighted by Gasteiger charge is 2.42. The van der Waals surface area contributed by atoms with E-state index >= 15 is 0 Å². The van der Waals surface area contributed by atoms with Crippen molar-refractivity contribution in [2.24, 2.45) is 0 Å². The molecule has 1 aromatic heterocycles. The van der Waals surface area contributed by atoms with Crippen molar-refractivity contribution < 1.29 is 9.53 Å². The lowest BCUT2D eigenvalue weighted by Crippen LogP contribution is -2.42. The molecule has 3 aromatic rings. The minimum absolute atomic E-state index is 0.0401. The molecule has 1 saturated heterocycles. The number of carbonyl (C=O) groups is 1. The summed E-state index contributed by atoms with van der Waals surface area (Å²) in [6.45, 7) is 5.76. The minimum Gasteiger partial charge on any atom is -0.365 e. The van der Waals surface area contributed by atoms with E-state index in [1.807, 2.05) is 18.3 Å². The topological polar surface area (TPSA) is 34.5 Å². The molecule has 0 N–H and O–H groups in total. The van der Waals surface area contributed by atoms with Crippen LogP contribution in [0.5, 0.6) is 0 Å². The molecule has 0 aliphatic carbocycles. The molecule has 3 heterocycles. The number of unbranched alkanes of at least 4 members (excludes halogenated alkanes) is 1. The van der Waals surface area contributed by atoms with Crippen molar-refractivity contribution in [1.29, 1.82) is 0 Å². The molecule has 2 aliphatic rings. The molecule has 0 unspecified atom stereocenters. The molecule has 0 radical (unpaired) electrons. The van der Waals surface area contributed by atoms with Crippen molar-refractivity contribution in [2.45, 2.75) is 51.2 Å². The molecular formula is C26H30N2O2. The van der Waals surface area contributed by atoms with E-state index in [9.17, 15) is 4.79 Å². The number of para-hydroxylation sites is 1. The summed E-state index contributed by atoms with van der Waals surface area (Å²) in [6, 6.07) is 17.0. The predicted molar refractivity (Wildman–Crippen MR) is 120 cm³/mol. The van der Waals surface area contributed by atoms with Gasteiger partial charge in [0.15, 0.2) is 0 Å². The van der Waals surface area contributed by atoms with Crippen molar-refractivity contribution >= 4 is 16.8 Å². The number of piperidine rings is 1. The summed E-state index contributed by atoms with van der Waals surface area (Å²) in [5.41, 5.74) is 5.07. The van der Waals surface area contributed by atoms with Crippen LogP contribution in [-0.2, 0) is 23.4 Å². The van der Waals surface area contributed by atoms with Gasteiger partial charge in [-0.15, -0.1) is 0 Å². The van der Waals surface area contributed by atoms with Crippen LogP contribution in [0.15, 0.2) is 54.7 Å². The minimum atomic E-state index is -0.0401. The molecule has 5 rings (SSSR count). The Labute approximate surface area is 178 Å². The van der Waals surface area contributed by atoms with E-state index in [-0.39, 0.29) is 11.5 Å². The fraction of sp³-hybridized carbons (Fsp3) is 0.423. The predicted octanol–water partition coefficient (Wildman–Crippen LogP) is 5.15. The number of carbonyl (C=O) groups excluding carboxylic acids is 1. The van der Waals surface area contributed by atoms with Gasteiger partial charge in [-0.25, -0.2) is 0 Å². The quantitative estimate of drug-likeness (QED) is 0.554. The molecule has 4 nitrogen and oxygen atoms in total. The Kier molecular flexibility index (Phi) is 5.21. The third-order valence-corrected chi connectivity index (χ3v) is 6.98. The van der Waals surface area contributed by atoms with E-state index in [2.05, 4.69) is 41.3 Å². The normalized spacial score (nSPS) is 18.2. The van der Waals surface area contributed by atoms with Gasteiger partial charge in [0, 0.05) is 31.6 Å². The Morgan fingerprint density at radius 1 is 1.03 bits per heavy atom. The zero-order valence-electron chi connectivity index (χ0n) is 17.8. The molecular weight excluding hydrogens is 372 g/mol. The number of likely N-dealkylation sites (tertiary alicyclic amines) is 1. The van der Waals surface area contributed by atoms with Crippen LogP contribution >= 0.6 is 0 Å². The molecule has 1 spiro atoms. The molecule has 2 aliphatic heterocycles. The summed E-state index contributed by atoms with van der Waals surface area (Å²) in [5.74, 6) is 0.0791. The first-order valence-electron chi connectivity index (χ1n) is 11.2. The third-order valence-electron chi connectivity index (χ3n) is 6.98. The number of nitrogens with zero attached hydrogens (tertiary/aromatic N) is 2. The molecule has 0 amide bonds. The standard InChI is InChI=1S/C26H30N2O2/c1-20(29)28-18-21(23-10-3-5-12-25(23)28)8-6-7-15-27-16-13-26(14-17-27)24-11-4-2-9-22(24)19-30-26/h2-5,9-12,18H,6-8,13-17,19H2,1H3. The van der Waals surface area contributed by atoms with E-state index in [0.29, 0.717) is 0 Å². The van der Waals surface area contributed by atoms with Crippen molar-refractivity contribution in [1.82, 2.24) is 9.47 Å². The second kappa shape index (κ2) is 8.01. The van der Waals surface area contributed by atoms with Crippen LogP contribution in [0.4, 0.5) is 0 Å². The smallest absolute Gasteiger partial charge is 0.227 e. The van der Waals surface area contributed by atoms with E-state index < -0.39 is 0 Å². The lowest BCUT2D eigenvalue weighted by molar-refractivity contribution is -0.0788. The fourth-order valence-corrected chi connectivity index (χ4v) is 5.30. The number of aromatic nitrogens is 1. The second-order valence-electron chi connectivity index (χ2n) is 8.80. The van der Waals surface area contributed by atoms with Gasteiger partial charge in [-0.2, -0.15) is 0 Å². The Bertz CT molecular complexity index is 1060. The third kappa shape index (κ3) is 3.48. The van der Waals surface area contributed by atoms with Crippen molar-refractivity contribution in [3.05, 3.63) is 71.4 Å². The number of hydrogen-bond acceptors (Lipinski definition) is 3. The summed E-state index contributed by atoms with van der Waals surface area (Å²) in [6.07, 6.45) is 7.57. The van der Waals surface area contributed by atoms with Crippen LogP contribution in [0, 0.1) is 0 Å². The Hall–Kier alpha value is -2.43. The van der Waals surface area contributed by atoms with Crippen LogP contribution < -0.4 is 0 Å². The van der Waals surface area contributed by atoms with Gasteiger partial charge in [0.2, 0.25) is 5.91 Å². The first kappa shape index (κ1) is 19.5.